The number of carbonyl (C=O) groups excluding carboxylic acids is 1. The first-order valence-corrected chi connectivity index (χ1v) is 12.9. The Balaban J connectivity index is 0.000000426. The van der Waals surface area contributed by atoms with Gasteiger partial charge < -0.3 is 24.9 Å². The van der Waals surface area contributed by atoms with Gasteiger partial charge in [0.25, 0.3) is 0 Å². The van der Waals surface area contributed by atoms with E-state index in [2.05, 4.69) is 23.3 Å². The van der Waals surface area contributed by atoms with E-state index in [1.54, 1.807) is 4.90 Å². The number of carboxylic acid groups (broad SMARTS) is 1. The number of carbonyl (C=O) groups is 2. The largest absolute Gasteiger partial charge is 0.490 e. The van der Waals surface area contributed by atoms with Crippen molar-refractivity contribution in [1.82, 2.24) is 15.3 Å². The van der Waals surface area contributed by atoms with Gasteiger partial charge in [-0.25, -0.2) is 14.6 Å². The van der Waals surface area contributed by atoms with Crippen LogP contribution in [0.25, 0.3) is 11.3 Å². The lowest BCUT2D eigenvalue weighted by atomic mass is 9.92. The Morgan fingerprint density at radius 3 is 2.39 bits per heavy atom. The first-order valence-electron chi connectivity index (χ1n) is 12.9. The Labute approximate surface area is 218 Å². The van der Waals surface area contributed by atoms with Crippen LogP contribution in [-0.2, 0) is 16.0 Å². The number of nitrogens with zero attached hydrogens (tertiary/aromatic N) is 2. The molecule has 3 heterocycles. The van der Waals surface area contributed by atoms with Crippen LogP contribution in [0.4, 0.5) is 23.7 Å². The highest BCUT2D eigenvalue weighted by molar-refractivity contribution is 5.92. The van der Waals surface area contributed by atoms with Crippen LogP contribution < -0.4 is 15.0 Å². The number of carboxylic acids is 1. The second-order valence-electron chi connectivity index (χ2n) is 9.85. The normalized spacial score (nSPS) is 20.0. The van der Waals surface area contributed by atoms with Crippen LogP contribution in [0.3, 0.4) is 0 Å². The number of halogens is 3. The van der Waals surface area contributed by atoms with E-state index in [-0.39, 0.29) is 18.2 Å². The summed E-state index contributed by atoms with van der Waals surface area (Å²) in [6, 6.07) is 4.21. The number of alkyl halides is 3. The van der Waals surface area contributed by atoms with Gasteiger partial charge in [0, 0.05) is 23.1 Å². The first-order chi connectivity index (χ1) is 18.1. The third kappa shape index (κ3) is 6.06. The summed E-state index contributed by atoms with van der Waals surface area (Å²) in [5.41, 5.74) is 4.04. The molecule has 208 valence electrons. The molecular weight excluding hydrogens is 505 g/mol. The second kappa shape index (κ2) is 11.6. The van der Waals surface area contributed by atoms with Gasteiger partial charge in [-0.2, -0.15) is 13.2 Å². The number of piperidine rings is 1. The van der Waals surface area contributed by atoms with Crippen LogP contribution in [0.2, 0.25) is 0 Å². The molecule has 0 bridgehead atoms. The third-order valence-corrected chi connectivity index (χ3v) is 7.31. The molecule has 0 unspecified atom stereocenters. The molecule has 1 atom stereocenters. The number of nitrogens with one attached hydrogen (secondary N) is 2. The maximum atomic E-state index is 12.5. The Morgan fingerprint density at radius 2 is 1.82 bits per heavy atom. The van der Waals surface area contributed by atoms with Crippen molar-refractivity contribution in [2.75, 3.05) is 25.1 Å². The van der Waals surface area contributed by atoms with E-state index in [0.29, 0.717) is 5.92 Å². The van der Waals surface area contributed by atoms with Crippen molar-refractivity contribution in [1.29, 1.82) is 0 Å². The Bertz CT molecular complexity index is 1140. The number of aromatic amines is 1. The quantitative estimate of drug-likeness (QED) is 0.501. The number of amides is 1. The fourth-order valence-corrected chi connectivity index (χ4v) is 4.96. The predicted octanol–water partition coefficient (Wildman–Crippen LogP) is 5.02. The molecule has 1 aromatic carbocycles. The Morgan fingerprint density at radius 1 is 1.13 bits per heavy atom. The minimum atomic E-state index is -5.08. The molecule has 1 saturated carbocycles. The lowest BCUT2D eigenvalue weighted by Gasteiger charge is -2.36. The molecule has 38 heavy (non-hydrogen) atoms. The second-order valence-corrected chi connectivity index (χ2v) is 9.85. The van der Waals surface area contributed by atoms with E-state index in [9.17, 15) is 18.0 Å². The highest BCUT2D eigenvalue weighted by Crippen LogP contribution is 2.44. The summed E-state index contributed by atoms with van der Waals surface area (Å²) >= 11 is 0. The number of rotatable bonds is 4. The van der Waals surface area contributed by atoms with Gasteiger partial charge in [-0.1, -0.05) is 0 Å². The van der Waals surface area contributed by atoms with Crippen LogP contribution >= 0.6 is 0 Å². The average Bonchev–Trinajstić information content (AvgIpc) is 3.36. The molecule has 0 radical (unpaired) electrons. The first kappa shape index (κ1) is 27.7. The molecule has 0 spiro atoms. The maximum absolute atomic E-state index is 12.5. The molecule has 3 aliphatic rings. The standard InChI is InChI=1S/C24H32N4O3.C2HF3O2/c1-15-6-7-19-21(28(15)24(29)30-2)9-8-18(22(19)31-17-4-3-5-17)20-14-26-23(27-20)16-10-12-25-13-11-16;3-2(4,5)1(6)7/h8-9,14-17,25H,3-7,10-13H2,1-2H3,(H,26,27);(H,6,7)/t15-;/m0./s1. The van der Waals surface area contributed by atoms with Crippen molar-refractivity contribution >= 4 is 17.7 Å². The zero-order chi connectivity index (χ0) is 27.4. The number of methoxy groups -OCH3 is 1. The lowest BCUT2D eigenvalue weighted by Crippen LogP contribution is -2.42. The molecule has 1 aliphatic carbocycles. The van der Waals surface area contributed by atoms with Crippen LogP contribution in [0.5, 0.6) is 5.75 Å². The van der Waals surface area contributed by atoms with Crippen LogP contribution in [0, 0.1) is 0 Å². The zero-order valence-electron chi connectivity index (χ0n) is 21.4. The predicted molar refractivity (Wildman–Crippen MR) is 133 cm³/mol. The minimum Gasteiger partial charge on any atom is -0.489 e. The van der Waals surface area contributed by atoms with Crippen LogP contribution in [0.15, 0.2) is 18.3 Å². The highest BCUT2D eigenvalue weighted by Gasteiger charge is 2.38. The van der Waals surface area contributed by atoms with Crippen molar-refractivity contribution in [3.05, 3.63) is 29.7 Å². The topological polar surface area (TPSA) is 117 Å². The summed E-state index contributed by atoms with van der Waals surface area (Å²) in [5, 5.41) is 10.5. The molecule has 12 heteroatoms. The number of aliphatic carboxylic acids is 1. The van der Waals surface area contributed by atoms with Gasteiger partial charge in [0.1, 0.15) is 11.6 Å². The van der Waals surface area contributed by atoms with Crippen molar-refractivity contribution in [2.24, 2.45) is 0 Å². The van der Waals surface area contributed by atoms with Crippen molar-refractivity contribution in [2.45, 2.75) is 76.1 Å². The van der Waals surface area contributed by atoms with E-state index in [4.69, 9.17) is 24.4 Å². The van der Waals surface area contributed by atoms with Gasteiger partial charge in [-0.05, 0) is 77.1 Å². The van der Waals surface area contributed by atoms with Crippen molar-refractivity contribution in [3.8, 4) is 17.0 Å². The van der Waals surface area contributed by atoms with Gasteiger partial charge in [-0.15, -0.1) is 0 Å². The van der Waals surface area contributed by atoms with Gasteiger partial charge >= 0.3 is 18.2 Å². The number of anilines is 1. The van der Waals surface area contributed by atoms with E-state index in [0.717, 1.165) is 85.7 Å². The molecule has 1 saturated heterocycles. The summed E-state index contributed by atoms with van der Waals surface area (Å²) in [5.74, 6) is -0.316. The monoisotopic (exact) mass is 538 g/mol. The van der Waals surface area contributed by atoms with Crippen LogP contribution in [-0.4, -0.2) is 65.7 Å². The fourth-order valence-electron chi connectivity index (χ4n) is 4.96. The Hall–Kier alpha value is -3.28. The summed E-state index contributed by atoms with van der Waals surface area (Å²) in [4.78, 5) is 31.5. The number of benzene rings is 1. The molecule has 2 fully saturated rings. The maximum Gasteiger partial charge on any atom is 0.490 e. The zero-order valence-corrected chi connectivity index (χ0v) is 21.4. The van der Waals surface area contributed by atoms with E-state index < -0.39 is 12.1 Å². The SMILES string of the molecule is COC(=O)N1c2ccc(-c3cnc(C4CCNCC4)[nH]3)c(OC3CCC3)c2CC[C@@H]1C.O=C(O)C(F)(F)F. The summed E-state index contributed by atoms with van der Waals surface area (Å²) in [6.45, 7) is 4.15. The van der Waals surface area contributed by atoms with Crippen molar-refractivity contribution in [3.63, 3.8) is 0 Å². The summed E-state index contributed by atoms with van der Waals surface area (Å²) < 4.78 is 43.4. The molecule has 9 nitrogen and oxygen atoms in total. The number of hydrogen-bond donors (Lipinski definition) is 3. The molecule has 2 aliphatic heterocycles. The van der Waals surface area contributed by atoms with Gasteiger partial charge in [0.2, 0.25) is 0 Å². The fraction of sp³-hybridized carbons (Fsp3) is 0.577. The number of fused-ring (bicyclic) bond motifs is 1. The van der Waals surface area contributed by atoms with E-state index >= 15 is 0 Å². The number of aromatic nitrogens is 2. The third-order valence-electron chi connectivity index (χ3n) is 7.31. The van der Waals surface area contributed by atoms with Gasteiger partial charge in [0.05, 0.1) is 30.8 Å². The summed E-state index contributed by atoms with van der Waals surface area (Å²) in [7, 11) is 1.44. The highest BCUT2D eigenvalue weighted by atomic mass is 19.4. The average molecular weight is 539 g/mol. The number of H-pyrrole nitrogens is 1. The molecule has 1 amide bonds. The summed E-state index contributed by atoms with van der Waals surface area (Å²) in [6.07, 6.45) is 4.16. The lowest BCUT2D eigenvalue weighted by molar-refractivity contribution is -0.192. The van der Waals surface area contributed by atoms with E-state index in [1.807, 2.05) is 12.3 Å². The van der Waals surface area contributed by atoms with Gasteiger partial charge in [0.15, 0.2) is 0 Å². The number of ether oxygens (including phenoxy) is 2. The number of imidazole rings is 1. The van der Waals surface area contributed by atoms with Crippen molar-refractivity contribution < 1.29 is 37.3 Å². The number of hydrogen-bond acceptors (Lipinski definition) is 6. The molecule has 1 aromatic heterocycles. The minimum absolute atomic E-state index is 0.0982. The van der Waals surface area contributed by atoms with Crippen LogP contribution in [0.1, 0.15) is 62.8 Å². The molecule has 5 rings (SSSR count). The van der Waals surface area contributed by atoms with Gasteiger partial charge in [-0.3, -0.25) is 4.90 Å². The smallest absolute Gasteiger partial charge is 0.489 e. The molecule has 3 N–H and O–H groups in total. The Kier molecular flexibility index (Phi) is 8.49. The molecular formula is C26H33F3N4O5. The van der Waals surface area contributed by atoms with E-state index in [1.165, 1.54) is 13.5 Å². The molecule has 2 aromatic rings.